The first kappa shape index (κ1) is 14.2. The Morgan fingerprint density at radius 3 is 2.65 bits per heavy atom. The van der Waals surface area contributed by atoms with Crippen molar-refractivity contribution in [1.82, 2.24) is 15.0 Å². The molecule has 0 aliphatic carbocycles. The number of aromatic nitrogens is 3. The molecule has 1 saturated heterocycles. The molecule has 23 heavy (non-hydrogen) atoms. The maximum atomic E-state index is 4.43. The van der Waals surface area contributed by atoms with E-state index < -0.39 is 0 Å². The number of anilines is 1. The van der Waals surface area contributed by atoms with Crippen LogP contribution in [0.2, 0.25) is 0 Å². The third-order valence-electron chi connectivity index (χ3n) is 4.96. The number of piperidine rings is 1. The Kier molecular flexibility index (Phi) is 3.52. The molecular weight excluding hydrogens is 284 g/mol. The number of fused-ring (bicyclic) bond motifs is 1. The molecule has 4 heteroatoms. The summed E-state index contributed by atoms with van der Waals surface area (Å²) in [5.41, 5.74) is 5.13. The van der Waals surface area contributed by atoms with Crippen molar-refractivity contribution >= 4 is 16.7 Å². The van der Waals surface area contributed by atoms with Crippen molar-refractivity contribution in [2.75, 3.05) is 18.0 Å². The number of benzene rings is 1. The number of nitrogens with one attached hydrogen (secondary N) is 1. The van der Waals surface area contributed by atoms with Crippen molar-refractivity contribution in [2.45, 2.75) is 32.6 Å². The molecule has 118 valence electrons. The minimum atomic E-state index is 0.630. The van der Waals surface area contributed by atoms with E-state index in [-0.39, 0.29) is 0 Å². The molecule has 1 aliphatic heterocycles. The third-order valence-corrected chi connectivity index (χ3v) is 4.96. The molecule has 1 aromatic carbocycles. The summed E-state index contributed by atoms with van der Waals surface area (Å²) in [5.74, 6) is 1.69. The van der Waals surface area contributed by atoms with Gasteiger partial charge >= 0.3 is 0 Å². The van der Waals surface area contributed by atoms with Crippen LogP contribution < -0.4 is 4.90 Å². The van der Waals surface area contributed by atoms with E-state index in [2.05, 4.69) is 57.1 Å². The van der Waals surface area contributed by atoms with Gasteiger partial charge in [0.2, 0.25) is 0 Å². The second kappa shape index (κ2) is 5.69. The van der Waals surface area contributed by atoms with Crippen molar-refractivity contribution in [3.63, 3.8) is 0 Å². The summed E-state index contributed by atoms with van der Waals surface area (Å²) in [7, 11) is 0. The predicted octanol–water partition coefficient (Wildman–Crippen LogP) is 3.96. The number of rotatable bonds is 2. The third kappa shape index (κ3) is 2.58. The van der Waals surface area contributed by atoms with Crippen LogP contribution >= 0.6 is 0 Å². The quantitative estimate of drug-likeness (QED) is 0.779. The molecule has 3 aromatic rings. The lowest BCUT2D eigenvalue weighted by atomic mass is 9.87. The average molecular weight is 306 g/mol. The zero-order valence-electron chi connectivity index (χ0n) is 13.7. The zero-order chi connectivity index (χ0) is 15.8. The second-order valence-corrected chi connectivity index (χ2v) is 6.49. The first-order valence-corrected chi connectivity index (χ1v) is 8.33. The zero-order valence-corrected chi connectivity index (χ0v) is 13.7. The normalized spacial score (nSPS) is 16.2. The van der Waals surface area contributed by atoms with Crippen LogP contribution in [0.15, 0.2) is 36.7 Å². The molecule has 4 rings (SSSR count). The van der Waals surface area contributed by atoms with Gasteiger partial charge in [-0.1, -0.05) is 18.2 Å². The molecule has 1 fully saturated rings. The lowest BCUT2D eigenvalue weighted by molar-refractivity contribution is 0.503. The van der Waals surface area contributed by atoms with E-state index >= 15 is 0 Å². The van der Waals surface area contributed by atoms with Gasteiger partial charge in [0.05, 0.1) is 0 Å². The van der Waals surface area contributed by atoms with Gasteiger partial charge in [0, 0.05) is 41.4 Å². The van der Waals surface area contributed by atoms with Crippen LogP contribution in [0.1, 0.15) is 35.7 Å². The number of aromatic amines is 1. The Hall–Kier alpha value is -2.36. The first-order valence-electron chi connectivity index (χ1n) is 8.33. The standard InChI is InChI=1S/C19H22N4/c1-13-11-18(21-12-20-13)23-9-7-15(8-10-23)19-14(2)22-17-6-4-3-5-16(17)19/h3-6,11-12,15,22H,7-10H2,1-2H3. The van der Waals surface area contributed by atoms with Gasteiger partial charge < -0.3 is 9.88 Å². The van der Waals surface area contributed by atoms with Gasteiger partial charge in [0.25, 0.3) is 0 Å². The van der Waals surface area contributed by atoms with Crippen molar-refractivity contribution in [1.29, 1.82) is 0 Å². The summed E-state index contributed by atoms with van der Waals surface area (Å²) in [6, 6.07) is 10.7. The molecule has 4 nitrogen and oxygen atoms in total. The van der Waals surface area contributed by atoms with Crippen LogP contribution in [0.5, 0.6) is 0 Å². The Labute approximate surface area is 136 Å². The largest absolute Gasteiger partial charge is 0.358 e. The van der Waals surface area contributed by atoms with Crippen molar-refractivity contribution in [3.05, 3.63) is 53.6 Å². The monoisotopic (exact) mass is 306 g/mol. The van der Waals surface area contributed by atoms with Crippen LogP contribution in [0, 0.1) is 13.8 Å². The predicted molar refractivity (Wildman–Crippen MR) is 94.0 cm³/mol. The van der Waals surface area contributed by atoms with Gasteiger partial charge in [0.15, 0.2) is 0 Å². The van der Waals surface area contributed by atoms with Crippen molar-refractivity contribution in [2.24, 2.45) is 0 Å². The van der Waals surface area contributed by atoms with Crippen LogP contribution in [-0.2, 0) is 0 Å². The molecule has 0 spiro atoms. The molecule has 0 unspecified atom stereocenters. The van der Waals surface area contributed by atoms with E-state index in [0.717, 1.165) is 24.6 Å². The summed E-state index contributed by atoms with van der Waals surface area (Å²) in [4.78, 5) is 14.5. The summed E-state index contributed by atoms with van der Waals surface area (Å²) in [6.07, 6.45) is 4.01. The Balaban J connectivity index is 1.56. The van der Waals surface area contributed by atoms with Crippen LogP contribution in [0.25, 0.3) is 10.9 Å². The lowest BCUT2D eigenvalue weighted by Crippen LogP contribution is -2.33. The van der Waals surface area contributed by atoms with E-state index in [4.69, 9.17) is 0 Å². The molecule has 3 heterocycles. The Morgan fingerprint density at radius 2 is 1.87 bits per heavy atom. The van der Waals surface area contributed by atoms with Gasteiger partial charge in [-0.25, -0.2) is 9.97 Å². The van der Waals surface area contributed by atoms with E-state index in [1.807, 2.05) is 6.92 Å². The fraction of sp³-hybridized carbons (Fsp3) is 0.368. The fourth-order valence-electron chi connectivity index (χ4n) is 3.84. The molecule has 0 bridgehead atoms. The minimum absolute atomic E-state index is 0.630. The number of H-pyrrole nitrogens is 1. The molecule has 1 aliphatic rings. The van der Waals surface area contributed by atoms with Gasteiger partial charge in [-0.3, -0.25) is 0 Å². The maximum Gasteiger partial charge on any atom is 0.132 e. The average Bonchev–Trinajstić information content (AvgIpc) is 2.91. The lowest BCUT2D eigenvalue weighted by Gasteiger charge is -2.33. The fourth-order valence-corrected chi connectivity index (χ4v) is 3.84. The smallest absolute Gasteiger partial charge is 0.132 e. The molecular formula is C19H22N4. The van der Waals surface area contributed by atoms with E-state index in [9.17, 15) is 0 Å². The maximum absolute atomic E-state index is 4.43. The van der Waals surface area contributed by atoms with Crippen molar-refractivity contribution in [3.8, 4) is 0 Å². The number of hydrogen-bond acceptors (Lipinski definition) is 3. The molecule has 0 radical (unpaired) electrons. The van der Waals surface area contributed by atoms with Crippen LogP contribution in [0.4, 0.5) is 5.82 Å². The van der Waals surface area contributed by atoms with Gasteiger partial charge in [-0.05, 0) is 44.2 Å². The summed E-state index contributed by atoms with van der Waals surface area (Å²) >= 11 is 0. The highest BCUT2D eigenvalue weighted by atomic mass is 15.2. The van der Waals surface area contributed by atoms with E-state index in [0.29, 0.717) is 5.92 Å². The topological polar surface area (TPSA) is 44.8 Å². The van der Waals surface area contributed by atoms with E-state index in [1.165, 1.54) is 35.0 Å². The highest BCUT2D eigenvalue weighted by molar-refractivity contribution is 5.85. The number of hydrogen-bond donors (Lipinski definition) is 1. The van der Waals surface area contributed by atoms with Crippen LogP contribution in [0.3, 0.4) is 0 Å². The highest BCUT2D eigenvalue weighted by Gasteiger charge is 2.25. The van der Waals surface area contributed by atoms with Gasteiger partial charge in [-0.15, -0.1) is 0 Å². The minimum Gasteiger partial charge on any atom is -0.358 e. The number of nitrogens with zero attached hydrogens (tertiary/aromatic N) is 3. The highest BCUT2D eigenvalue weighted by Crippen LogP contribution is 2.36. The summed E-state index contributed by atoms with van der Waals surface area (Å²) in [5, 5.41) is 1.39. The molecule has 0 saturated carbocycles. The Bertz CT molecular complexity index is 828. The SMILES string of the molecule is Cc1cc(N2CCC(c3c(C)[nH]c4ccccc34)CC2)ncn1. The molecule has 1 N–H and O–H groups in total. The molecule has 0 amide bonds. The van der Waals surface area contributed by atoms with Crippen LogP contribution in [-0.4, -0.2) is 28.0 Å². The molecule has 2 aromatic heterocycles. The Morgan fingerprint density at radius 1 is 1.09 bits per heavy atom. The summed E-state index contributed by atoms with van der Waals surface area (Å²) < 4.78 is 0. The molecule has 0 atom stereocenters. The van der Waals surface area contributed by atoms with E-state index in [1.54, 1.807) is 6.33 Å². The first-order chi connectivity index (χ1) is 11.2. The number of aryl methyl sites for hydroxylation is 2. The van der Waals surface area contributed by atoms with Gasteiger partial charge in [-0.2, -0.15) is 0 Å². The summed E-state index contributed by atoms with van der Waals surface area (Å²) in [6.45, 7) is 6.34. The van der Waals surface area contributed by atoms with Gasteiger partial charge in [0.1, 0.15) is 12.1 Å². The number of para-hydroxylation sites is 1. The van der Waals surface area contributed by atoms with Crippen molar-refractivity contribution < 1.29 is 0 Å². The second-order valence-electron chi connectivity index (χ2n) is 6.49.